The zero-order chi connectivity index (χ0) is 4.83. The van der Waals surface area contributed by atoms with Gasteiger partial charge in [0.05, 0.1) is 0 Å². The molecule has 0 saturated heterocycles. The van der Waals surface area contributed by atoms with Crippen LogP contribution in [0, 0.1) is 0 Å². The van der Waals surface area contributed by atoms with Gasteiger partial charge in [-0.2, -0.15) is 0 Å². The van der Waals surface area contributed by atoms with Gasteiger partial charge in [-0.05, 0) is 6.92 Å². The maximum absolute atomic E-state index is 4.96. The maximum Gasteiger partial charge on any atom is 0.162 e. The van der Waals surface area contributed by atoms with E-state index in [1.165, 1.54) is 6.21 Å². The van der Waals surface area contributed by atoms with E-state index in [2.05, 4.69) is 0 Å². The summed E-state index contributed by atoms with van der Waals surface area (Å²) in [5.41, 5.74) is 0. The van der Waals surface area contributed by atoms with E-state index in [0.717, 1.165) is 6.61 Å². The van der Waals surface area contributed by atoms with Crippen LogP contribution < -0.4 is 17.8 Å². The molecular formula is C4H10ClNO. The van der Waals surface area contributed by atoms with Crippen molar-refractivity contribution in [1.82, 2.24) is 0 Å². The number of hydrogen-bond acceptors (Lipinski definition) is 1. The smallest absolute Gasteiger partial charge is 0.162 e. The molecule has 0 aromatic rings. The Morgan fingerprint density at radius 2 is 2.29 bits per heavy atom. The Hall–Kier alpha value is -0.0800. The van der Waals surface area contributed by atoms with Crippen molar-refractivity contribution in [3.05, 3.63) is 0 Å². The van der Waals surface area contributed by atoms with Gasteiger partial charge in [0.15, 0.2) is 6.21 Å². The second kappa shape index (κ2) is 9.33. The van der Waals surface area contributed by atoms with Gasteiger partial charge in [0.2, 0.25) is 0 Å². The van der Waals surface area contributed by atoms with E-state index in [4.69, 9.17) is 10.1 Å². The quantitative estimate of drug-likeness (QED) is 0.300. The summed E-state index contributed by atoms with van der Waals surface area (Å²) in [6.45, 7) is 3.24. The summed E-state index contributed by atoms with van der Waals surface area (Å²) in [6.07, 6.45) is 1.49. The van der Waals surface area contributed by atoms with Gasteiger partial charge in [-0.15, -0.1) is 0 Å². The first kappa shape index (κ1) is 10.0. The summed E-state index contributed by atoms with van der Waals surface area (Å²) in [4.78, 5) is 0. The van der Waals surface area contributed by atoms with E-state index in [1.807, 2.05) is 6.92 Å². The molecule has 0 aliphatic carbocycles. The van der Waals surface area contributed by atoms with Crippen molar-refractivity contribution in [3.63, 3.8) is 0 Å². The molecule has 0 atom stereocenters. The van der Waals surface area contributed by atoms with Gasteiger partial charge in [0.25, 0.3) is 0 Å². The van der Waals surface area contributed by atoms with Crippen LogP contribution in [-0.4, -0.2) is 19.4 Å². The van der Waals surface area contributed by atoms with Gasteiger partial charge < -0.3 is 17.1 Å². The fourth-order valence-electron chi connectivity index (χ4n) is 0.186. The van der Waals surface area contributed by atoms with Crippen molar-refractivity contribution in [2.75, 3.05) is 13.2 Å². The van der Waals surface area contributed by atoms with Gasteiger partial charge in [-0.1, -0.05) is 0 Å². The molecule has 0 fully saturated rings. The molecule has 0 saturated carbocycles. The molecule has 0 bridgehead atoms. The number of ether oxygens (including phenoxy) is 1. The molecule has 0 amide bonds. The third kappa shape index (κ3) is 10.7. The van der Waals surface area contributed by atoms with Crippen molar-refractivity contribution >= 4 is 6.21 Å². The molecule has 44 valence electrons. The third-order valence-corrected chi connectivity index (χ3v) is 0.418. The number of hydrogen-bond donors (Lipinski definition) is 1. The Morgan fingerprint density at radius 1 is 1.71 bits per heavy atom. The van der Waals surface area contributed by atoms with Gasteiger partial charge in [-0.3, -0.25) is 5.41 Å². The largest absolute Gasteiger partial charge is 1.00 e. The molecule has 0 aliphatic heterocycles. The summed E-state index contributed by atoms with van der Waals surface area (Å²) in [7, 11) is 0. The lowest BCUT2D eigenvalue weighted by Crippen LogP contribution is -3.00. The first-order valence-electron chi connectivity index (χ1n) is 2.03. The third-order valence-electron chi connectivity index (χ3n) is 0.418. The van der Waals surface area contributed by atoms with Crippen molar-refractivity contribution in [2.24, 2.45) is 0 Å². The highest BCUT2D eigenvalue weighted by atomic mass is 35.5. The van der Waals surface area contributed by atoms with Crippen LogP contribution >= 0.6 is 0 Å². The predicted molar refractivity (Wildman–Crippen MR) is 24.5 cm³/mol. The van der Waals surface area contributed by atoms with Crippen LogP contribution in [0.25, 0.3) is 0 Å². The standard InChI is InChI=1S/C4H9NO.ClH/c1-2-6-4-3-5;/h3,5H,2,4H2,1H3;1H. The number of nitrogens with two attached hydrogens (primary N) is 1. The number of halogens is 1. The average molecular weight is 124 g/mol. The van der Waals surface area contributed by atoms with Crippen LogP contribution in [0.15, 0.2) is 0 Å². The van der Waals surface area contributed by atoms with Crippen molar-refractivity contribution < 1.29 is 22.6 Å². The molecule has 0 spiro atoms. The normalized spacial score (nSPS) is 7.00. The molecule has 0 rings (SSSR count). The fourth-order valence-corrected chi connectivity index (χ4v) is 0.186. The van der Waals surface area contributed by atoms with Crippen LogP contribution in [0.1, 0.15) is 6.92 Å². The zero-order valence-electron chi connectivity index (χ0n) is 4.36. The molecule has 2 N–H and O–H groups in total. The van der Waals surface area contributed by atoms with E-state index in [-0.39, 0.29) is 12.4 Å². The Bertz CT molecular complexity index is 40.7. The highest BCUT2D eigenvalue weighted by Crippen LogP contribution is 1.62. The Balaban J connectivity index is 0. The summed E-state index contributed by atoms with van der Waals surface area (Å²) in [6, 6.07) is 0. The average Bonchev–Trinajstić information content (AvgIpc) is 1.61. The van der Waals surface area contributed by atoms with Crippen LogP contribution in [0.3, 0.4) is 0 Å². The summed E-state index contributed by atoms with van der Waals surface area (Å²) >= 11 is 0. The first-order chi connectivity index (χ1) is 2.91. The van der Waals surface area contributed by atoms with Gasteiger partial charge in [0, 0.05) is 6.61 Å². The molecular weight excluding hydrogens is 114 g/mol. The monoisotopic (exact) mass is 123 g/mol. The van der Waals surface area contributed by atoms with E-state index < -0.39 is 0 Å². The lowest BCUT2D eigenvalue weighted by molar-refractivity contribution is -0.111. The van der Waals surface area contributed by atoms with Crippen molar-refractivity contribution in [3.8, 4) is 0 Å². The summed E-state index contributed by atoms with van der Waals surface area (Å²) < 4.78 is 4.80. The molecule has 0 aliphatic rings. The molecule has 0 aromatic carbocycles. The molecule has 0 unspecified atom stereocenters. The fraction of sp³-hybridized carbons (Fsp3) is 0.750. The molecule has 3 heteroatoms. The second-order valence-corrected chi connectivity index (χ2v) is 0.895. The molecule has 0 heterocycles. The van der Waals surface area contributed by atoms with Gasteiger partial charge in [0.1, 0.15) is 6.61 Å². The minimum atomic E-state index is 0. The Labute approximate surface area is 49.8 Å². The van der Waals surface area contributed by atoms with Crippen molar-refractivity contribution in [1.29, 1.82) is 0 Å². The van der Waals surface area contributed by atoms with Crippen LogP contribution in [0.5, 0.6) is 0 Å². The first-order valence-corrected chi connectivity index (χ1v) is 2.03. The topological polar surface area (TPSA) is 34.8 Å². The van der Waals surface area contributed by atoms with Crippen LogP contribution in [0.2, 0.25) is 0 Å². The van der Waals surface area contributed by atoms with Crippen LogP contribution in [0.4, 0.5) is 0 Å². The lowest BCUT2D eigenvalue weighted by Gasteiger charge is -1.85. The maximum atomic E-state index is 4.96. The molecule has 0 radical (unpaired) electrons. The zero-order valence-corrected chi connectivity index (χ0v) is 5.11. The molecule has 0 aromatic heterocycles. The highest BCUT2D eigenvalue weighted by Gasteiger charge is 1.73. The SMILES string of the molecule is CCOCC=[NH2+].[Cl-]. The highest BCUT2D eigenvalue weighted by molar-refractivity contribution is 5.50. The van der Waals surface area contributed by atoms with Gasteiger partial charge >= 0.3 is 0 Å². The Morgan fingerprint density at radius 3 is 2.43 bits per heavy atom. The van der Waals surface area contributed by atoms with Crippen molar-refractivity contribution in [2.45, 2.75) is 6.92 Å². The van der Waals surface area contributed by atoms with E-state index in [1.54, 1.807) is 0 Å². The number of rotatable bonds is 3. The predicted octanol–water partition coefficient (Wildman–Crippen LogP) is -4.14. The van der Waals surface area contributed by atoms with Crippen LogP contribution in [-0.2, 0) is 4.74 Å². The molecule has 7 heavy (non-hydrogen) atoms. The van der Waals surface area contributed by atoms with Gasteiger partial charge in [-0.25, -0.2) is 0 Å². The minimum Gasteiger partial charge on any atom is -1.00 e. The second-order valence-electron chi connectivity index (χ2n) is 0.895. The lowest BCUT2D eigenvalue weighted by atomic mass is 10.8. The van der Waals surface area contributed by atoms with E-state index in [9.17, 15) is 0 Å². The Kier molecular flexibility index (Phi) is 13.3. The minimum absolute atomic E-state index is 0. The van der Waals surface area contributed by atoms with E-state index in [0.29, 0.717) is 6.61 Å². The summed E-state index contributed by atoms with van der Waals surface area (Å²) in [5.74, 6) is 0. The van der Waals surface area contributed by atoms with E-state index >= 15 is 0 Å². The summed E-state index contributed by atoms with van der Waals surface area (Å²) in [5, 5.41) is 4.96. The molecule has 2 nitrogen and oxygen atoms in total.